The molecule has 0 amide bonds. The number of halogens is 1. The Morgan fingerprint density at radius 2 is 1.94 bits per heavy atom. The fraction of sp³-hybridized carbons (Fsp3) is 0.346. The van der Waals surface area contributed by atoms with Crippen molar-refractivity contribution in [3.63, 3.8) is 0 Å². The van der Waals surface area contributed by atoms with E-state index < -0.39 is 5.79 Å². The van der Waals surface area contributed by atoms with Crippen molar-refractivity contribution in [2.24, 2.45) is 0 Å². The first-order valence-electron chi connectivity index (χ1n) is 11.3. The van der Waals surface area contributed by atoms with Gasteiger partial charge in [0.05, 0.1) is 11.4 Å². The molecule has 0 radical (unpaired) electrons. The molecule has 168 valence electrons. The van der Waals surface area contributed by atoms with Crippen LogP contribution in [0.2, 0.25) is 5.15 Å². The van der Waals surface area contributed by atoms with Crippen LogP contribution < -0.4 is 0 Å². The predicted octanol–water partition coefficient (Wildman–Crippen LogP) is 5.58. The molecule has 0 saturated carbocycles. The van der Waals surface area contributed by atoms with Crippen molar-refractivity contribution in [3.8, 4) is 0 Å². The highest BCUT2D eigenvalue weighted by Crippen LogP contribution is 2.45. The van der Waals surface area contributed by atoms with Crippen LogP contribution in [0, 0.1) is 6.92 Å². The molecule has 1 fully saturated rings. The molecule has 0 spiro atoms. The largest absolute Gasteiger partial charge is 0.342 e. The highest BCUT2D eigenvalue weighted by molar-refractivity contribution is 6.33. The molecule has 0 N–H and O–H groups in total. The zero-order chi connectivity index (χ0) is 22.7. The Bertz CT molecular complexity index is 1410. The van der Waals surface area contributed by atoms with Gasteiger partial charge in [-0.25, -0.2) is 9.97 Å². The van der Waals surface area contributed by atoms with E-state index in [-0.39, 0.29) is 18.2 Å². The van der Waals surface area contributed by atoms with Crippen molar-refractivity contribution in [3.05, 3.63) is 77.1 Å². The van der Waals surface area contributed by atoms with Crippen LogP contribution in [0.5, 0.6) is 0 Å². The van der Waals surface area contributed by atoms with Gasteiger partial charge < -0.3 is 14.0 Å². The van der Waals surface area contributed by atoms with Gasteiger partial charge in [-0.05, 0) is 62.3 Å². The van der Waals surface area contributed by atoms with Gasteiger partial charge in [0, 0.05) is 23.5 Å². The van der Waals surface area contributed by atoms with Crippen LogP contribution in [0.4, 0.5) is 0 Å². The highest BCUT2D eigenvalue weighted by Gasteiger charge is 2.50. The number of nitrogens with zero attached hydrogens (tertiary/aromatic N) is 4. The predicted molar refractivity (Wildman–Crippen MR) is 128 cm³/mol. The van der Waals surface area contributed by atoms with Crippen LogP contribution in [0.3, 0.4) is 0 Å². The van der Waals surface area contributed by atoms with Crippen molar-refractivity contribution in [2.75, 3.05) is 0 Å². The van der Waals surface area contributed by atoms with Crippen molar-refractivity contribution in [1.82, 2.24) is 19.5 Å². The Morgan fingerprint density at radius 3 is 2.82 bits per heavy atom. The second kappa shape index (κ2) is 7.62. The Balaban J connectivity index is 1.35. The van der Waals surface area contributed by atoms with Gasteiger partial charge in [-0.3, -0.25) is 4.98 Å². The Hall–Kier alpha value is -2.80. The maximum absolute atomic E-state index is 6.37. The molecule has 4 aromatic rings. The summed E-state index contributed by atoms with van der Waals surface area (Å²) in [5.41, 5.74) is 4.39. The zero-order valence-corrected chi connectivity index (χ0v) is 19.6. The smallest absolute Gasteiger partial charge is 0.164 e. The molecule has 7 heteroatoms. The minimum atomic E-state index is -0.635. The van der Waals surface area contributed by atoms with Gasteiger partial charge in [0.15, 0.2) is 5.79 Å². The first kappa shape index (κ1) is 20.8. The van der Waals surface area contributed by atoms with Crippen LogP contribution in [0.1, 0.15) is 37.6 Å². The Labute approximate surface area is 197 Å². The van der Waals surface area contributed by atoms with E-state index in [1.165, 1.54) is 28.2 Å². The number of ether oxygens (including phenoxy) is 2. The second-order valence-corrected chi connectivity index (χ2v) is 9.70. The average Bonchev–Trinajstić information content (AvgIpc) is 3.43. The lowest BCUT2D eigenvalue weighted by molar-refractivity contribution is -0.147. The first-order valence-corrected chi connectivity index (χ1v) is 11.6. The van der Waals surface area contributed by atoms with E-state index in [9.17, 15) is 0 Å². The van der Waals surface area contributed by atoms with Gasteiger partial charge in [0.2, 0.25) is 0 Å². The quantitative estimate of drug-likeness (QED) is 0.294. The summed E-state index contributed by atoms with van der Waals surface area (Å²) >= 11 is 6.30. The Kier molecular flexibility index (Phi) is 4.80. The van der Waals surface area contributed by atoms with Crippen LogP contribution in [-0.2, 0) is 15.9 Å². The molecule has 6 rings (SSSR count). The average molecular weight is 461 g/mol. The number of aryl methyl sites for hydroxylation is 2. The number of rotatable bonds is 4. The van der Waals surface area contributed by atoms with Gasteiger partial charge in [-0.2, -0.15) is 0 Å². The van der Waals surface area contributed by atoms with Crippen molar-refractivity contribution in [2.45, 2.75) is 57.6 Å². The van der Waals surface area contributed by atoms with Crippen LogP contribution >= 0.6 is 11.6 Å². The van der Waals surface area contributed by atoms with Gasteiger partial charge in [0.25, 0.3) is 0 Å². The van der Waals surface area contributed by atoms with Gasteiger partial charge in [-0.1, -0.05) is 35.9 Å². The summed E-state index contributed by atoms with van der Waals surface area (Å²) in [4.78, 5) is 13.1. The SMILES string of the molecule is Cc1cc2cccc(CCC3=C[C@@H](n4ccc5c(Cl)ncnc54)[C@@H]4OC(C)(C)O[C@H]34)c2cn1. The minimum absolute atomic E-state index is 0.0212. The molecule has 0 unspecified atom stereocenters. The van der Waals surface area contributed by atoms with E-state index >= 15 is 0 Å². The first-order chi connectivity index (χ1) is 15.9. The molecule has 1 saturated heterocycles. The molecule has 1 aliphatic heterocycles. The van der Waals surface area contributed by atoms with E-state index in [1.54, 1.807) is 0 Å². The molecule has 33 heavy (non-hydrogen) atoms. The number of pyridine rings is 1. The van der Waals surface area contributed by atoms with Crippen molar-refractivity contribution in [1.29, 1.82) is 0 Å². The summed E-state index contributed by atoms with van der Waals surface area (Å²) in [5.74, 6) is -0.635. The molecule has 3 aromatic heterocycles. The van der Waals surface area contributed by atoms with Gasteiger partial charge in [-0.15, -0.1) is 0 Å². The lowest BCUT2D eigenvalue weighted by Gasteiger charge is -2.22. The third-order valence-electron chi connectivity index (χ3n) is 6.67. The van der Waals surface area contributed by atoms with E-state index in [0.29, 0.717) is 5.15 Å². The molecule has 1 aromatic carbocycles. The number of fused-ring (bicyclic) bond motifs is 3. The summed E-state index contributed by atoms with van der Waals surface area (Å²) < 4.78 is 14.9. The van der Waals surface area contributed by atoms with E-state index in [4.69, 9.17) is 21.1 Å². The van der Waals surface area contributed by atoms with Crippen molar-refractivity contribution < 1.29 is 9.47 Å². The third-order valence-corrected chi connectivity index (χ3v) is 6.97. The van der Waals surface area contributed by atoms with Crippen LogP contribution in [0.25, 0.3) is 21.8 Å². The van der Waals surface area contributed by atoms with Gasteiger partial charge in [0.1, 0.15) is 29.3 Å². The summed E-state index contributed by atoms with van der Waals surface area (Å²) in [6.45, 7) is 5.98. The molecule has 4 heterocycles. The highest BCUT2D eigenvalue weighted by atomic mass is 35.5. The number of benzene rings is 1. The topological polar surface area (TPSA) is 62.1 Å². The lowest BCUT2D eigenvalue weighted by atomic mass is 9.98. The molecule has 1 aliphatic carbocycles. The molecule has 2 aliphatic rings. The monoisotopic (exact) mass is 460 g/mol. The zero-order valence-electron chi connectivity index (χ0n) is 18.8. The molecule has 6 nitrogen and oxygen atoms in total. The van der Waals surface area contributed by atoms with Gasteiger partial charge >= 0.3 is 0 Å². The second-order valence-electron chi connectivity index (χ2n) is 9.34. The number of aromatic nitrogens is 4. The standard InChI is InChI=1S/C26H25ClN4O2/c1-15-11-17-6-4-5-16(20(17)13-28-15)7-8-18-12-21(23-22(18)32-26(2,3)33-23)31-10-9-19-24(27)29-14-30-25(19)31/h4-6,9-14,21-23H,7-8H2,1-3H3/t21-,22-,23+/m1/s1. The molecule has 3 atom stereocenters. The summed E-state index contributed by atoms with van der Waals surface area (Å²) in [6.07, 6.45) is 9.39. The molecular formula is C26H25ClN4O2. The number of hydrogen-bond acceptors (Lipinski definition) is 5. The molecule has 0 bridgehead atoms. The summed E-state index contributed by atoms with van der Waals surface area (Å²) in [6, 6.07) is 10.5. The normalized spacial score (nSPS) is 23.9. The van der Waals surface area contributed by atoms with E-state index in [0.717, 1.165) is 29.6 Å². The van der Waals surface area contributed by atoms with Crippen LogP contribution in [0.15, 0.2) is 60.7 Å². The van der Waals surface area contributed by atoms with Crippen molar-refractivity contribution >= 4 is 33.4 Å². The van der Waals surface area contributed by atoms with E-state index in [1.807, 2.05) is 39.2 Å². The molecular weight excluding hydrogens is 436 g/mol. The number of hydrogen-bond donors (Lipinski definition) is 0. The maximum atomic E-state index is 6.37. The summed E-state index contributed by atoms with van der Waals surface area (Å²) in [5, 5.41) is 3.74. The third kappa shape index (κ3) is 3.53. The van der Waals surface area contributed by atoms with Crippen LogP contribution in [-0.4, -0.2) is 37.5 Å². The lowest BCUT2D eigenvalue weighted by Crippen LogP contribution is -2.27. The minimum Gasteiger partial charge on any atom is -0.342 e. The van der Waals surface area contributed by atoms with E-state index in [2.05, 4.69) is 49.9 Å². The summed E-state index contributed by atoms with van der Waals surface area (Å²) in [7, 11) is 0. The fourth-order valence-corrected chi connectivity index (χ4v) is 5.41. The maximum Gasteiger partial charge on any atom is 0.164 e. The fourth-order valence-electron chi connectivity index (χ4n) is 5.22. The Morgan fingerprint density at radius 1 is 1.06 bits per heavy atom.